The molecule has 3 nitrogen and oxygen atoms in total. The molecular formula is C21H37O3Si. The van der Waals surface area contributed by atoms with Crippen LogP contribution in [0.2, 0.25) is 0 Å². The minimum Gasteiger partial charge on any atom is -0.375 e. The predicted molar refractivity (Wildman–Crippen MR) is 105 cm³/mol. The SMILES string of the molecule is CO[Si](OC)OC(CCC1=CCCCCC1)CCC1=CCCCCC1. The van der Waals surface area contributed by atoms with Crippen molar-refractivity contribution in [1.82, 2.24) is 0 Å². The van der Waals surface area contributed by atoms with Gasteiger partial charge in [0.1, 0.15) is 0 Å². The highest BCUT2D eigenvalue weighted by Gasteiger charge is 2.22. The summed E-state index contributed by atoms with van der Waals surface area (Å²) in [4.78, 5) is 0. The molecule has 0 unspecified atom stereocenters. The summed E-state index contributed by atoms with van der Waals surface area (Å²) in [5.74, 6) is 0. The summed E-state index contributed by atoms with van der Waals surface area (Å²) in [7, 11) is 1.80. The van der Waals surface area contributed by atoms with Gasteiger partial charge in [0.2, 0.25) is 0 Å². The molecule has 0 atom stereocenters. The van der Waals surface area contributed by atoms with E-state index < -0.39 is 9.53 Å². The first-order chi connectivity index (χ1) is 12.3. The molecule has 0 bridgehead atoms. The lowest BCUT2D eigenvalue weighted by Gasteiger charge is -2.22. The molecule has 0 amide bonds. The minimum atomic E-state index is -1.58. The first-order valence-electron chi connectivity index (χ1n) is 10.3. The first kappa shape index (κ1) is 20.9. The van der Waals surface area contributed by atoms with Crippen LogP contribution in [-0.4, -0.2) is 29.9 Å². The zero-order chi connectivity index (χ0) is 17.7. The van der Waals surface area contributed by atoms with Crippen LogP contribution >= 0.6 is 0 Å². The third kappa shape index (κ3) is 8.67. The Morgan fingerprint density at radius 3 is 1.80 bits per heavy atom. The maximum atomic E-state index is 6.20. The molecule has 0 N–H and O–H groups in total. The maximum absolute atomic E-state index is 6.20. The van der Waals surface area contributed by atoms with Crippen molar-refractivity contribution in [3.63, 3.8) is 0 Å². The molecule has 0 heterocycles. The third-order valence-electron chi connectivity index (χ3n) is 5.44. The van der Waals surface area contributed by atoms with E-state index in [-0.39, 0.29) is 6.10 Å². The molecule has 0 aromatic rings. The van der Waals surface area contributed by atoms with Crippen LogP contribution in [0.1, 0.15) is 89.9 Å². The molecule has 143 valence electrons. The zero-order valence-corrected chi connectivity index (χ0v) is 17.4. The van der Waals surface area contributed by atoms with Crippen molar-refractivity contribution in [2.45, 2.75) is 96.0 Å². The van der Waals surface area contributed by atoms with Crippen molar-refractivity contribution in [2.24, 2.45) is 0 Å². The highest BCUT2D eigenvalue weighted by Crippen LogP contribution is 2.26. The number of hydrogen-bond acceptors (Lipinski definition) is 3. The zero-order valence-electron chi connectivity index (χ0n) is 16.4. The molecule has 2 aliphatic carbocycles. The lowest BCUT2D eigenvalue weighted by Crippen LogP contribution is -2.30. The summed E-state index contributed by atoms with van der Waals surface area (Å²) < 4.78 is 17.0. The molecule has 0 fully saturated rings. The van der Waals surface area contributed by atoms with E-state index in [9.17, 15) is 0 Å². The van der Waals surface area contributed by atoms with Crippen LogP contribution < -0.4 is 0 Å². The van der Waals surface area contributed by atoms with Crippen LogP contribution in [-0.2, 0) is 13.3 Å². The molecule has 25 heavy (non-hydrogen) atoms. The Hall–Kier alpha value is -0.423. The number of allylic oxidation sites excluding steroid dienone is 4. The molecular weight excluding hydrogens is 328 g/mol. The maximum Gasteiger partial charge on any atom is 0.577 e. The molecule has 0 aromatic carbocycles. The topological polar surface area (TPSA) is 27.7 Å². The smallest absolute Gasteiger partial charge is 0.375 e. The molecule has 0 saturated carbocycles. The summed E-state index contributed by atoms with van der Waals surface area (Å²) in [6.07, 6.45) is 23.0. The average Bonchev–Trinajstić information content (AvgIpc) is 3.06. The van der Waals surface area contributed by atoms with Crippen molar-refractivity contribution in [3.05, 3.63) is 23.3 Å². The Bertz CT molecular complexity index is 383. The van der Waals surface area contributed by atoms with E-state index in [1.165, 1.54) is 77.0 Å². The molecule has 2 rings (SSSR count). The summed E-state index contributed by atoms with van der Waals surface area (Å²) in [5.41, 5.74) is 3.28. The molecule has 0 aliphatic heterocycles. The van der Waals surface area contributed by atoms with Gasteiger partial charge in [0.25, 0.3) is 0 Å². The lowest BCUT2D eigenvalue weighted by molar-refractivity contribution is 0.0767. The monoisotopic (exact) mass is 365 g/mol. The van der Waals surface area contributed by atoms with Crippen molar-refractivity contribution < 1.29 is 13.3 Å². The molecule has 0 saturated heterocycles. The van der Waals surface area contributed by atoms with Gasteiger partial charge >= 0.3 is 9.53 Å². The fourth-order valence-electron chi connectivity index (χ4n) is 3.89. The van der Waals surface area contributed by atoms with Crippen molar-refractivity contribution in [1.29, 1.82) is 0 Å². The van der Waals surface area contributed by atoms with Gasteiger partial charge in [-0.05, 0) is 77.0 Å². The summed E-state index contributed by atoms with van der Waals surface area (Å²) in [5, 5.41) is 0. The quantitative estimate of drug-likeness (QED) is 0.351. The lowest BCUT2D eigenvalue weighted by atomic mass is 9.97. The van der Waals surface area contributed by atoms with Crippen molar-refractivity contribution in [2.75, 3.05) is 14.2 Å². The van der Waals surface area contributed by atoms with Gasteiger partial charge in [0.05, 0.1) is 6.10 Å². The van der Waals surface area contributed by atoms with E-state index in [1.54, 1.807) is 25.4 Å². The van der Waals surface area contributed by atoms with Crippen LogP contribution in [0.15, 0.2) is 23.3 Å². The average molecular weight is 366 g/mol. The Labute approximate surface area is 156 Å². The minimum absolute atomic E-state index is 0.252. The molecule has 2 aliphatic rings. The Kier molecular flexibility index (Phi) is 10.7. The molecule has 4 heteroatoms. The predicted octanol–water partition coefficient (Wildman–Crippen LogP) is 5.99. The number of hydrogen-bond donors (Lipinski definition) is 0. The summed E-state index contributed by atoms with van der Waals surface area (Å²) in [6, 6.07) is 0. The van der Waals surface area contributed by atoms with Gasteiger partial charge in [0, 0.05) is 14.2 Å². The van der Waals surface area contributed by atoms with Gasteiger partial charge < -0.3 is 13.3 Å². The second-order valence-corrected chi connectivity index (χ2v) is 8.95. The van der Waals surface area contributed by atoms with Crippen LogP contribution in [0.3, 0.4) is 0 Å². The second kappa shape index (κ2) is 12.9. The van der Waals surface area contributed by atoms with Crippen molar-refractivity contribution >= 4 is 9.53 Å². The van der Waals surface area contributed by atoms with E-state index >= 15 is 0 Å². The first-order valence-corrected chi connectivity index (χ1v) is 11.5. The normalized spacial score (nSPS) is 19.5. The van der Waals surface area contributed by atoms with E-state index in [0.29, 0.717) is 0 Å². The molecule has 1 radical (unpaired) electrons. The van der Waals surface area contributed by atoms with Crippen LogP contribution in [0, 0.1) is 0 Å². The van der Waals surface area contributed by atoms with E-state index in [2.05, 4.69) is 12.2 Å². The Morgan fingerprint density at radius 2 is 1.32 bits per heavy atom. The van der Waals surface area contributed by atoms with Crippen LogP contribution in [0.4, 0.5) is 0 Å². The highest BCUT2D eigenvalue weighted by molar-refractivity contribution is 6.36. The van der Waals surface area contributed by atoms with Gasteiger partial charge in [-0.15, -0.1) is 0 Å². The van der Waals surface area contributed by atoms with E-state index in [0.717, 1.165) is 12.8 Å². The molecule has 0 aromatic heterocycles. The summed E-state index contributed by atoms with van der Waals surface area (Å²) in [6.45, 7) is 0. The van der Waals surface area contributed by atoms with E-state index in [4.69, 9.17) is 13.3 Å². The Balaban J connectivity index is 1.84. The van der Waals surface area contributed by atoms with Crippen molar-refractivity contribution in [3.8, 4) is 0 Å². The largest absolute Gasteiger partial charge is 0.577 e. The summed E-state index contributed by atoms with van der Waals surface area (Å²) >= 11 is 0. The molecule has 0 spiro atoms. The fourth-order valence-corrected chi connectivity index (χ4v) is 4.75. The van der Waals surface area contributed by atoms with Gasteiger partial charge in [0.15, 0.2) is 0 Å². The van der Waals surface area contributed by atoms with Crippen LogP contribution in [0.5, 0.6) is 0 Å². The fraction of sp³-hybridized carbons (Fsp3) is 0.810. The highest BCUT2D eigenvalue weighted by atomic mass is 28.3. The van der Waals surface area contributed by atoms with E-state index in [1.807, 2.05) is 0 Å². The number of rotatable bonds is 10. The van der Waals surface area contributed by atoms with Gasteiger partial charge in [-0.25, -0.2) is 0 Å². The standard InChI is InChI=1S/C21H37O3Si/c1-22-25(23-2)24-21(17-15-19-11-7-3-4-8-12-19)18-16-20-13-9-5-6-10-14-20/h11,13,21H,3-10,12,14-18H2,1-2H3. The van der Waals surface area contributed by atoms with Gasteiger partial charge in [-0.3, -0.25) is 0 Å². The third-order valence-corrected chi connectivity index (χ3v) is 6.63. The van der Waals surface area contributed by atoms with Gasteiger partial charge in [-0.2, -0.15) is 0 Å². The van der Waals surface area contributed by atoms with Crippen LogP contribution in [0.25, 0.3) is 0 Å². The van der Waals surface area contributed by atoms with Gasteiger partial charge in [-0.1, -0.05) is 36.1 Å². The Morgan fingerprint density at radius 1 is 0.800 bits per heavy atom. The second-order valence-electron chi connectivity index (χ2n) is 7.40.